The van der Waals surface area contributed by atoms with Crippen molar-refractivity contribution in [2.75, 3.05) is 15.4 Å². The molecule has 4 N–H and O–H groups in total. The maximum atomic E-state index is 13.9. The van der Waals surface area contributed by atoms with Gasteiger partial charge in [0.2, 0.25) is 0 Å². The number of sulfonamides is 1. The van der Waals surface area contributed by atoms with Crippen LogP contribution in [0.5, 0.6) is 5.75 Å². The lowest BCUT2D eigenvalue weighted by molar-refractivity contribution is -0.122. The van der Waals surface area contributed by atoms with Crippen molar-refractivity contribution in [3.63, 3.8) is 0 Å². The normalized spacial score (nSPS) is 12.5. The fourth-order valence-corrected chi connectivity index (χ4v) is 8.09. The van der Waals surface area contributed by atoms with Crippen molar-refractivity contribution in [1.82, 2.24) is 9.78 Å². The van der Waals surface area contributed by atoms with Crippen LogP contribution < -0.4 is 25.7 Å². The first-order chi connectivity index (χ1) is 27.2. The van der Waals surface area contributed by atoms with Crippen molar-refractivity contribution < 1.29 is 22.7 Å². The first-order valence-corrected chi connectivity index (χ1v) is 21.5. The molecule has 58 heavy (non-hydrogen) atoms. The average Bonchev–Trinajstić information content (AvgIpc) is 3.45. The molecule has 0 aliphatic rings. The molecule has 0 aliphatic heterocycles. The van der Waals surface area contributed by atoms with Crippen LogP contribution in [-0.2, 0) is 25.6 Å². The van der Waals surface area contributed by atoms with E-state index < -0.39 is 39.2 Å². The summed E-state index contributed by atoms with van der Waals surface area (Å²) in [5, 5.41) is 8.34. The Morgan fingerprint density at radius 3 is 2.09 bits per heavy atom. The number of rotatable bonds is 15. The number of aromatic nitrogens is 2. The number of carbonyl (C=O) groups is 2. The van der Waals surface area contributed by atoms with Crippen LogP contribution in [0.4, 0.5) is 17.2 Å². The standard InChI is InChI=1S/C43H48Cl3N5O6S/c1-9-34(57-35-20-17-27(42(5,6)10-2)22-31(35)43(7,8)11-3)40(53)47-29-14-12-13-26(21-29)39(52)48-38-36(50-58(55,56)30-18-15-25(4)16-19-30)41(54)51(49-38)37-32(45)23-28(44)24-33(37)46/h12-24,34,49-50H,9-11H2,1-8H3,(H,47,53)(H,48,52). The maximum Gasteiger partial charge on any atom is 0.297 e. The summed E-state index contributed by atoms with van der Waals surface area (Å²) in [6.07, 6.45) is 1.34. The first kappa shape index (κ1) is 44.4. The van der Waals surface area contributed by atoms with E-state index in [1.165, 1.54) is 42.0 Å². The van der Waals surface area contributed by atoms with Crippen LogP contribution in [0, 0.1) is 6.92 Å². The highest BCUT2D eigenvalue weighted by Gasteiger charge is 2.30. The number of halogens is 3. The Morgan fingerprint density at radius 1 is 0.845 bits per heavy atom. The molecule has 11 nitrogen and oxygen atoms in total. The van der Waals surface area contributed by atoms with Crippen LogP contribution in [0.1, 0.15) is 94.8 Å². The molecule has 5 rings (SSSR count). The molecule has 0 aliphatic carbocycles. The smallest absolute Gasteiger partial charge is 0.297 e. The van der Waals surface area contributed by atoms with Gasteiger partial charge in [-0.05, 0) is 91.1 Å². The molecule has 4 aromatic carbocycles. The summed E-state index contributed by atoms with van der Waals surface area (Å²) in [6, 6.07) is 21.0. The molecular weight excluding hydrogens is 821 g/mol. The highest BCUT2D eigenvalue weighted by molar-refractivity contribution is 7.92. The minimum Gasteiger partial charge on any atom is -0.480 e. The molecule has 308 valence electrons. The van der Waals surface area contributed by atoms with Crippen LogP contribution in [0.15, 0.2) is 88.6 Å². The third-order valence-corrected chi connectivity index (χ3v) is 12.6. The summed E-state index contributed by atoms with van der Waals surface area (Å²) in [6.45, 7) is 16.7. The average molecular weight is 869 g/mol. The van der Waals surface area contributed by atoms with Gasteiger partial charge < -0.3 is 15.4 Å². The molecular formula is C43H48Cl3N5O6S. The Kier molecular flexibility index (Phi) is 13.5. The van der Waals surface area contributed by atoms with E-state index in [9.17, 15) is 22.8 Å². The lowest BCUT2D eigenvalue weighted by Crippen LogP contribution is -2.33. The number of amides is 2. The Balaban J connectivity index is 1.43. The first-order valence-electron chi connectivity index (χ1n) is 18.8. The predicted octanol–water partition coefficient (Wildman–Crippen LogP) is 10.7. The largest absolute Gasteiger partial charge is 0.480 e. The molecule has 1 unspecified atom stereocenters. The summed E-state index contributed by atoms with van der Waals surface area (Å²) in [5.41, 5.74) is 1.71. The number of ether oxygens (including phenoxy) is 1. The summed E-state index contributed by atoms with van der Waals surface area (Å²) < 4.78 is 36.6. The van der Waals surface area contributed by atoms with Gasteiger partial charge in [0.05, 0.1) is 14.9 Å². The van der Waals surface area contributed by atoms with Crippen molar-refractivity contribution in [2.45, 2.75) is 96.5 Å². The van der Waals surface area contributed by atoms with E-state index >= 15 is 0 Å². The van der Waals surface area contributed by atoms with Gasteiger partial charge in [0.25, 0.3) is 27.4 Å². The van der Waals surface area contributed by atoms with Crippen LogP contribution in [-0.4, -0.2) is 36.1 Å². The van der Waals surface area contributed by atoms with E-state index in [2.05, 4.69) is 74.1 Å². The van der Waals surface area contributed by atoms with Crippen LogP contribution >= 0.6 is 34.8 Å². The second-order valence-corrected chi connectivity index (χ2v) is 18.3. The van der Waals surface area contributed by atoms with Gasteiger partial charge in [-0.25, -0.2) is 13.1 Å². The Labute approximate surface area is 354 Å². The third-order valence-electron chi connectivity index (χ3n) is 10.5. The van der Waals surface area contributed by atoms with E-state index in [-0.39, 0.29) is 47.9 Å². The number of benzene rings is 4. The van der Waals surface area contributed by atoms with Gasteiger partial charge in [-0.2, -0.15) is 0 Å². The van der Waals surface area contributed by atoms with Gasteiger partial charge in [0.15, 0.2) is 17.6 Å². The van der Waals surface area contributed by atoms with E-state index in [1.807, 2.05) is 13.0 Å². The number of hydrogen-bond acceptors (Lipinski definition) is 6. The molecule has 0 radical (unpaired) electrons. The molecule has 0 spiro atoms. The lowest BCUT2D eigenvalue weighted by atomic mass is 9.76. The maximum absolute atomic E-state index is 13.9. The Morgan fingerprint density at radius 2 is 1.48 bits per heavy atom. The summed E-state index contributed by atoms with van der Waals surface area (Å²) in [4.78, 5) is 41.3. The van der Waals surface area contributed by atoms with Gasteiger partial charge >= 0.3 is 0 Å². The third kappa shape index (κ3) is 9.74. The van der Waals surface area contributed by atoms with E-state index in [0.717, 1.165) is 28.7 Å². The van der Waals surface area contributed by atoms with Gasteiger partial charge in [0.1, 0.15) is 11.4 Å². The topological polar surface area (TPSA) is 151 Å². The van der Waals surface area contributed by atoms with Crippen molar-refractivity contribution >= 4 is 73.8 Å². The summed E-state index contributed by atoms with van der Waals surface area (Å²) in [7, 11) is -4.33. The zero-order chi connectivity index (χ0) is 42.7. The number of nitrogens with zero attached hydrogens (tertiary/aromatic N) is 1. The zero-order valence-corrected chi connectivity index (χ0v) is 36.7. The minimum absolute atomic E-state index is 0.0211. The number of carbonyl (C=O) groups excluding carboxylic acids is 2. The van der Waals surface area contributed by atoms with Gasteiger partial charge in [-0.15, -0.1) is 0 Å². The monoisotopic (exact) mass is 867 g/mol. The van der Waals surface area contributed by atoms with Gasteiger partial charge in [-0.1, -0.05) is 119 Å². The molecule has 0 fully saturated rings. The molecule has 15 heteroatoms. The number of nitrogens with one attached hydrogen (secondary N) is 4. The fraction of sp³-hybridized carbons (Fsp3) is 0.326. The zero-order valence-electron chi connectivity index (χ0n) is 33.6. The van der Waals surface area contributed by atoms with Crippen LogP contribution in [0.2, 0.25) is 15.1 Å². The molecule has 1 atom stereocenters. The van der Waals surface area contributed by atoms with Crippen LogP contribution in [0.3, 0.4) is 0 Å². The van der Waals surface area contributed by atoms with E-state index in [4.69, 9.17) is 39.5 Å². The number of anilines is 3. The van der Waals surface area contributed by atoms with Crippen molar-refractivity contribution in [3.05, 3.63) is 127 Å². The predicted molar refractivity (Wildman–Crippen MR) is 234 cm³/mol. The number of aryl methyl sites for hydroxylation is 1. The second kappa shape index (κ2) is 17.6. The van der Waals surface area contributed by atoms with Gasteiger partial charge in [-0.3, -0.25) is 24.2 Å². The van der Waals surface area contributed by atoms with E-state index in [0.29, 0.717) is 17.9 Å². The summed E-state index contributed by atoms with van der Waals surface area (Å²) >= 11 is 19.0. The number of hydrogen-bond donors (Lipinski definition) is 4. The minimum atomic E-state index is -4.33. The second-order valence-electron chi connectivity index (χ2n) is 15.4. The van der Waals surface area contributed by atoms with Crippen LogP contribution in [0.25, 0.3) is 5.69 Å². The Hall–Kier alpha value is -4.75. The molecule has 0 saturated carbocycles. The van der Waals surface area contributed by atoms with Gasteiger partial charge in [0, 0.05) is 21.8 Å². The number of H-pyrrole nitrogens is 1. The van der Waals surface area contributed by atoms with Crippen molar-refractivity contribution in [1.29, 1.82) is 0 Å². The molecule has 0 bridgehead atoms. The fourth-order valence-electron chi connectivity index (χ4n) is 6.04. The molecule has 2 amide bonds. The molecule has 5 aromatic rings. The Bertz CT molecular complexity index is 2490. The molecule has 1 aromatic heterocycles. The summed E-state index contributed by atoms with van der Waals surface area (Å²) in [5.74, 6) is -0.822. The van der Waals surface area contributed by atoms with Crippen molar-refractivity contribution in [3.8, 4) is 11.4 Å². The quantitative estimate of drug-likeness (QED) is 0.0822. The lowest BCUT2D eigenvalue weighted by Gasteiger charge is -2.31. The van der Waals surface area contributed by atoms with Crippen molar-refractivity contribution in [2.24, 2.45) is 0 Å². The molecule has 1 heterocycles. The number of aromatic amines is 1. The SMILES string of the molecule is CCC(Oc1ccc(C(C)(C)CC)cc1C(C)(C)CC)C(=O)Nc1cccc(C(=O)Nc2[nH]n(-c3c(Cl)cc(Cl)cc3Cl)c(=O)c2NS(=O)(=O)c2ccc(C)cc2)c1. The molecule has 0 saturated heterocycles. The highest BCUT2D eigenvalue weighted by Crippen LogP contribution is 2.39. The highest BCUT2D eigenvalue weighted by atomic mass is 35.5. The van der Waals surface area contributed by atoms with E-state index in [1.54, 1.807) is 31.2 Å².